The molecule has 6 nitrogen and oxygen atoms in total. The standard InChI is InChI=1S/C29H29NO5/c1-18(2)35-24-14-10-21(11-15-24)27(31)25-26(22-7-5-6-19(3)16-22)30(29(33)28(25)32)17-20-8-12-23(34-4)13-9-20/h5-16,18,26,31H,17H2,1-4H3/b27-25-. The Labute approximate surface area is 205 Å². The fourth-order valence-electron chi connectivity index (χ4n) is 4.28. The molecule has 0 radical (unpaired) electrons. The van der Waals surface area contributed by atoms with Gasteiger partial charge in [-0.25, -0.2) is 0 Å². The van der Waals surface area contributed by atoms with Gasteiger partial charge in [0.15, 0.2) is 0 Å². The Morgan fingerprint density at radius 2 is 1.63 bits per heavy atom. The van der Waals surface area contributed by atoms with Crippen molar-refractivity contribution >= 4 is 17.4 Å². The number of ether oxygens (including phenoxy) is 2. The highest BCUT2D eigenvalue weighted by Crippen LogP contribution is 2.40. The quantitative estimate of drug-likeness (QED) is 0.283. The van der Waals surface area contributed by atoms with Crippen molar-refractivity contribution in [2.45, 2.75) is 39.5 Å². The Bertz CT molecular complexity index is 1260. The molecule has 3 aromatic rings. The molecule has 0 bridgehead atoms. The van der Waals surface area contributed by atoms with Crippen LogP contribution in [0, 0.1) is 6.92 Å². The fraction of sp³-hybridized carbons (Fsp3) is 0.241. The lowest BCUT2D eigenvalue weighted by atomic mass is 9.94. The minimum Gasteiger partial charge on any atom is -0.507 e. The Morgan fingerprint density at radius 3 is 2.23 bits per heavy atom. The van der Waals surface area contributed by atoms with Crippen molar-refractivity contribution in [2.24, 2.45) is 0 Å². The monoisotopic (exact) mass is 471 g/mol. The van der Waals surface area contributed by atoms with Gasteiger partial charge in [0.1, 0.15) is 17.3 Å². The third kappa shape index (κ3) is 5.06. The second-order valence-electron chi connectivity index (χ2n) is 8.88. The highest BCUT2D eigenvalue weighted by Gasteiger charge is 2.46. The summed E-state index contributed by atoms with van der Waals surface area (Å²) in [7, 11) is 1.59. The largest absolute Gasteiger partial charge is 0.507 e. The molecular formula is C29H29NO5. The number of aryl methyl sites for hydroxylation is 1. The van der Waals surface area contributed by atoms with E-state index in [-0.39, 0.29) is 24.0 Å². The van der Waals surface area contributed by atoms with Crippen molar-refractivity contribution < 1.29 is 24.2 Å². The van der Waals surface area contributed by atoms with Gasteiger partial charge in [-0.1, -0.05) is 42.0 Å². The molecule has 1 unspecified atom stereocenters. The van der Waals surface area contributed by atoms with Gasteiger partial charge in [-0.2, -0.15) is 0 Å². The molecule has 1 atom stereocenters. The third-order valence-electron chi connectivity index (χ3n) is 5.91. The van der Waals surface area contributed by atoms with Crippen molar-refractivity contribution in [3.05, 3.63) is 101 Å². The first kappa shape index (κ1) is 24.1. The zero-order chi connectivity index (χ0) is 25.1. The van der Waals surface area contributed by atoms with Gasteiger partial charge in [-0.3, -0.25) is 9.59 Å². The van der Waals surface area contributed by atoms with Crippen molar-refractivity contribution in [2.75, 3.05) is 7.11 Å². The Kier molecular flexibility index (Phi) is 6.92. The van der Waals surface area contributed by atoms with E-state index in [1.165, 1.54) is 4.90 Å². The third-order valence-corrected chi connectivity index (χ3v) is 5.91. The maximum Gasteiger partial charge on any atom is 0.295 e. The summed E-state index contributed by atoms with van der Waals surface area (Å²) in [5.74, 6) is -0.190. The Balaban J connectivity index is 1.78. The topological polar surface area (TPSA) is 76.1 Å². The van der Waals surface area contributed by atoms with E-state index < -0.39 is 17.7 Å². The smallest absolute Gasteiger partial charge is 0.295 e. The van der Waals surface area contributed by atoms with Crippen molar-refractivity contribution in [3.8, 4) is 11.5 Å². The average Bonchev–Trinajstić information content (AvgIpc) is 3.09. The molecule has 0 saturated carbocycles. The van der Waals surface area contributed by atoms with Gasteiger partial charge in [-0.15, -0.1) is 0 Å². The number of amides is 1. The van der Waals surface area contributed by atoms with Crippen LogP contribution < -0.4 is 9.47 Å². The minimum atomic E-state index is -0.719. The van der Waals surface area contributed by atoms with Crippen LogP contribution in [0.4, 0.5) is 0 Å². The first-order valence-electron chi connectivity index (χ1n) is 11.5. The van der Waals surface area contributed by atoms with Crippen molar-refractivity contribution in [1.82, 2.24) is 4.90 Å². The van der Waals surface area contributed by atoms with Crippen molar-refractivity contribution in [3.63, 3.8) is 0 Å². The molecule has 1 saturated heterocycles. The van der Waals surface area contributed by atoms with Crippen molar-refractivity contribution in [1.29, 1.82) is 0 Å². The molecule has 1 fully saturated rings. The van der Waals surface area contributed by atoms with E-state index in [0.717, 1.165) is 16.7 Å². The van der Waals surface area contributed by atoms with Crippen LogP contribution in [-0.2, 0) is 16.1 Å². The number of Topliss-reactive ketones (excluding diaryl/α,β-unsaturated/α-hetero) is 1. The number of carbonyl (C=O) groups is 2. The zero-order valence-electron chi connectivity index (χ0n) is 20.3. The average molecular weight is 472 g/mol. The number of aliphatic hydroxyl groups is 1. The Morgan fingerprint density at radius 1 is 0.971 bits per heavy atom. The summed E-state index contributed by atoms with van der Waals surface area (Å²) >= 11 is 0. The lowest BCUT2D eigenvalue weighted by molar-refractivity contribution is -0.140. The molecule has 1 amide bonds. The second-order valence-corrected chi connectivity index (χ2v) is 8.88. The number of hydrogen-bond acceptors (Lipinski definition) is 5. The number of rotatable bonds is 7. The number of hydrogen-bond donors (Lipinski definition) is 1. The van der Waals surface area contributed by atoms with Gasteiger partial charge in [0, 0.05) is 12.1 Å². The summed E-state index contributed by atoms with van der Waals surface area (Å²) in [4.78, 5) is 28.0. The second kappa shape index (κ2) is 10.1. The summed E-state index contributed by atoms with van der Waals surface area (Å²) in [5, 5.41) is 11.3. The lowest BCUT2D eigenvalue weighted by Crippen LogP contribution is -2.29. The van der Waals surface area contributed by atoms with Crippen LogP contribution in [0.1, 0.15) is 42.1 Å². The number of carbonyl (C=O) groups excluding carboxylic acids is 2. The summed E-state index contributed by atoms with van der Waals surface area (Å²) in [6.45, 7) is 6.03. The van der Waals surface area contributed by atoms with Gasteiger partial charge < -0.3 is 19.5 Å². The minimum absolute atomic E-state index is 0.0130. The predicted molar refractivity (Wildman–Crippen MR) is 134 cm³/mol. The van der Waals surface area contributed by atoms with Gasteiger partial charge in [-0.05, 0) is 68.3 Å². The first-order valence-corrected chi connectivity index (χ1v) is 11.5. The fourth-order valence-corrected chi connectivity index (χ4v) is 4.28. The van der Waals surface area contributed by atoms with Crippen LogP contribution in [0.25, 0.3) is 5.76 Å². The van der Waals surface area contributed by atoms with E-state index in [1.807, 2.05) is 69.3 Å². The highest BCUT2D eigenvalue weighted by atomic mass is 16.5. The number of aliphatic hydroxyl groups excluding tert-OH is 1. The molecule has 6 heteroatoms. The van der Waals surface area contributed by atoms with Gasteiger partial charge in [0.05, 0.1) is 24.8 Å². The molecule has 35 heavy (non-hydrogen) atoms. The number of likely N-dealkylation sites (tertiary alicyclic amines) is 1. The molecule has 0 aromatic heterocycles. The highest BCUT2D eigenvalue weighted by molar-refractivity contribution is 6.46. The van der Waals surface area contributed by atoms with E-state index in [9.17, 15) is 14.7 Å². The van der Waals surface area contributed by atoms with Crippen LogP contribution in [0.15, 0.2) is 78.4 Å². The molecular weight excluding hydrogens is 442 g/mol. The maximum atomic E-state index is 13.2. The normalized spacial score (nSPS) is 17.2. The summed E-state index contributed by atoms with van der Waals surface area (Å²) in [6.07, 6.45) is 0.0130. The van der Waals surface area contributed by atoms with Crippen LogP contribution >= 0.6 is 0 Å². The van der Waals surface area contributed by atoms with E-state index in [0.29, 0.717) is 17.1 Å². The van der Waals surface area contributed by atoms with Crippen LogP contribution in [-0.4, -0.2) is 34.9 Å². The number of benzene rings is 3. The van der Waals surface area contributed by atoms with Crippen LogP contribution in [0.3, 0.4) is 0 Å². The van der Waals surface area contributed by atoms with Crippen LogP contribution in [0.5, 0.6) is 11.5 Å². The van der Waals surface area contributed by atoms with Gasteiger partial charge >= 0.3 is 0 Å². The SMILES string of the molecule is COc1ccc(CN2C(=O)C(=O)/C(=C(\O)c3ccc(OC(C)C)cc3)C2c2cccc(C)c2)cc1. The molecule has 0 aliphatic carbocycles. The first-order chi connectivity index (χ1) is 16.8. The number of ketones is 1. The van der Waals surface area contributed by atoms with E-state index >= 15 is 0 Å². The van der Waals surface area contributed by atoms with Gasteiger partial charge in [0.25, 0.3) is 11.7 Å². The van der Waals surface area contributed by atoms with Gasteiger partial charge in [0.2, 0.25) is 0 Å². The summed E-state index contributed by atoms with van der Waals surface area (Å²) in [6, 6.07) is 21.1. The molecule has 180 valence electrons. The summed E-state index contributed by atoms with van der Waals surface area (Å²) in [5.41, 5.74) is 3.13. The summed E-state index contributed by atoms with van der Waals surface area (Å²) < 4.78 is 10.9. The molecule has 1 aliphatic rings. The lowest BCUT2D eigenvalue weighted by Gasteiger charge is -2.26. The molecule has 0 spiro atoms. The molecule has 4 rings (SSSR count). The molecule has 1 N–H and O–H groups in total. The Hall–Kier alpha value is -4.06. The van der Waals surface area contributed by atoms with E-state index in [2.05, 4.69) is 0 Å². The zero-order valence-corrected chi connectivity index (χ0v) is 20.3. The van der Waals surface area contributed by atoms with E-state index in [4.69, 9.17) is 9.47 Å². The van der Waals surface area contributed by atoms with Crippen LogP contribution in [0.2, 0.25) is 0 Å². The van der Waals surface area contributed by atoms with E-state index in [1.54, 1.807) is 31.4 Å². The number of methoxy groups -OCH3 is 1. The molecule has 1 heterocycles. The molecule has 1 aliphatic heterocycles. The number of nitrogens with zero attached hydrogens (tertiary/aromatic N) is 1. The maximum absolute atomic E-state index is 13.2. The molecule has 3 aromatic carbocycles. The predicted octanol–water partition coefficient (Wildman–Crippen LogP) is 5.41.